The molecule has 0 unspecified atom stereocenters. The minimum Gasteiger partial charge on any atom is -0.351 e. The summed E-state index contributed by atoms with van der Waals surface area (Å²) >= 11 is 5.92. The average molecular weight is 292 g/mol. The molecule has 0 saturated carbocycles. The highest BCUT2D eigenvalue weighted by atomic mass is 35.5. The summed E-state index contributed by atoms with van der Waals surface area (Å²) in [6, 6.07) is 9.02. The molecule has 2 aromatic rings. The van der Waals surface area contributed by atoms with E-state index in [4.69, 9.17) is 11.6 Å². The molecular formula is C15H18ClN3O. The van der Waals surface area contributed by atoms with E-state index in [1.165, 1.54) is 0 Å². The third-order valence-electron chi connectivity index (χ3n) is 2.95. The fourth-order valence-corrected chi connectivity index (χ4v) is 2.09. The molecule has 106 valence electrons. The Labute approximate surface area is 123 Å². The van der Waals surface area contributed by atoms with E-state index in [2.05, 4.69) is 15.2 Å². The highest BCUT2D eigenvalue weighted by molar-refractivity contribution is 6.31. The second-order valence-electron chi connectivity index (χ2n) is 4.95. The Bertz CT molecular complexity index is 613. The van der Waals surface area contributed by atoms with Crippen molar-refractivity contribution in [3.8, 4) is 0 Å². The van der Waals surface area contributed by atoms with Crippen LogP contribution in [0.1, 0.15) is 16.9 Å². The molecule has 0 aliphatic carbocycles. The number of benzene rings is 1. The van der Waals surface area contributed by atoms with Gasteiger partial charge in [-0.3, -0.25) is 4.79 Å². The van der Waals surface area contributed by atoms with Gasteiger partial charge in [0.25, 0.3) is 5.91 Å². The molecule has 0 spiro atoms. The van der Waals surface area contributed by atoms with E-state index >= 15 is 0 Å². The molecule has 2 rings (SSSR count). The van der Waals surface area contributed by atoms with Gasteiger partial charge in [0.1, 0.15) is 5.69 Å². The van der Waals surface area contributed by atoms with Crippen LogP contribution in [0.5, 0.6) is 0 Å². The van der Waals surface area contributed by atoms with Crippen molar-refractivity contribution >= 4 is 28.4 Å². The third kappa shape index (κ3) is 3.92. The minimum atomic E-state index is -0.138. The van der Waals surface area contributed by atoms with E-state index < -0.39 is 0 Å². The van der Waals surface area contributed by atoms with Crippen molar-refractivity contribution in [1.29, 1.82) is 0 Å². The van der Waals surface area contributed by atoms with Crippen LogP contribution in [0.2, 0.25) is 5.02 Å². The first kappa shape index (κ1) is 14.8. The van der Waals surface area contributed by atoms with Crippen molar-refractivity contribution in [1.82, 2.24) is 15.2 Å². The van der Waals surface area contributed by atoms with Gasteiger partial charge < -0.3 is 10.2 Å². The number of amides is 1. The second kappa shape index (κ2) is 6.68. The fourth-order valence-electron chi connectivity index (χ4n) is 1.91. The van der Waals surface area contributed by atoms with Crippen LogP contribution in [0.4, 0.5) is 0 Å². The van der Waals surface area contributed by atoms with Gasteiger partial charge >= 0.3 is 0 Å². The molecule has 5 heteroatoms. The topological polar surface area (TPSA) is 45.2 Å². The number of hydrogen-bond acceptors (Lipinski definition) is 3. The molecule has 0 aliphatic rings. The number of carbonyl (C=O) groups is 1. The van der Waals surface area contributed by atoms with Crippen LogP contribution < -0.4 is 5.32 Å². The van der Waals surface area contributed by atoms with E-state index in [9.17, 15) is 4.79 Å². The molecule has 20 heavy (non-hydrogen) atoms. The van der Waals surface area contributed by atoms with E-state index in [1.807, 2.05) is 32.3 Å². The van der Waals surface area contributed by atoms with Gasteiger partial charge in [0.05, 0.1) is 5.52 Å². The normalized spacial score (nSPS) is 11.0. The first-order valence-electron chi connectivity index (χ1n) is 6.55. The van der Waals surface area contributed by atoms with E-state index in [-0.39, 0.29) is 5.91 Å². The number of halogens is 1. The van der Waals surface area contributed by atoms with Crippen LogP contribution in [-0.4, -0.2) is 43.0 Å². The summed E-state index contributed by atoms with van der Waals surface area (Å²) in [5.41, 5.74) is 1.21. The maximum atomic E-state index is 12.0. The minimum absolute atomic E-state index is 0.138. The standard InChI is InChI=1S/C15H18ClN3O/c1-19(2)9-3-8-17-15(20)14-6-4-11-10-12(16)5-7-13(11)18-14/h4-7,10H,3,8-9H2,1-2H3,(H,17,20). The predicted molar refractivity (Wildman–Crippen MR) is 82.3 cm³/mol. The number of fused-ring (bicyclic) bond motifs is 1. The van der Waals surface area contributed by atoms with Crippen LogP contribution in [0.3, 0.4) is 0 Å². The zero-order valence-electron chi connectivity index (χ0n) is 11.7. The molecular weight excluding hydrogens is 274 g/mol. The lowest BCUT2D eigenvalue weighted by Crippen LogP contribution is -2.27. The van der Waals surface area contributed by atoms with Crippen molar-refractivity contribution in [2.45, 2.75) is 6.42 Å². The highest BCUT2D eigenvalue weighted by Crippen LogP contribution is 2.18. The smallest absolute Gasteiger partial charge is 0.269 e. The largest absolute Gasteiger partial charge is 0.351 e. The van der Waals surface area contributed by atoms with Gasteiger partial charge in [-0.1, -0.05) is 17.7 Å². The number of nitrogens with zero attached hydrogens (tertiary/aromatic N) is 2. The highest BCUT2D eigenvalue weighted by Gasteiger charge is 2.07. The summed E-state index contributed by atoms with van der Waals surface area (Å²) in [5, 5.41) is 4.48. The van der Waals surface area contributed by atoms with Crippen molar-refractivity contribution in [2.75, 3.05) is 27.2 Å². The number of hydrogen-bond donors (Lipinski definition) is 1. The molecule has 0 fully saturated rings. The average Bonchev–Trinajstić information content (AvgIpc) is 2.42. The molecule has 1 heterocycles. The maximum absolute atomic E-state index is 12.0. The molecule has 4 nitrogen and oxygen atoms in total. The number of nitrogens with one attached hydrogen (secondary N) is 1. The molecule has 0 bridgehead atoms. The van der Waals surface area contributed by atoms with Gasteiger partial charge in [0.15, 0.2) is 0 Å². The Balaban J connectivity index is 2.01. The first-order valence-corrected chi connectivity index (χ1v) is 6.93. The zero-order chi connectivity index (χ0) is 14.5. The van der Waals surface area contributed by atoms with Crippen LogP contribution in [0, 0.1) is 0 Å². The first-order chi connectivity index (χ1) is 9.56. The third-order valence-corrected chi connectivity index (χ3v) is 3.19. The Morgan fingerprint density at radius 3 is 2.85 bits per heavy atom. The van der Waals surface area contributed by atoms with Crippen molar-refractivity contribution in [2.24, 2.45) is 0 Å². The Kier molecular flexibility index (Phi) is 4.93. The van der Waals surface area contributed by atoms with Gasteiger partial charge in [-0.15, -0.1) is 0 Å². The predicted octanol–water partition coefficient (Wildman–Crippen LogP) is 2.57. The van der Waals surface area contributed by atoms with Gasteiger partial charge in [0, 0.05) is 17.0 Å². The lowest BCUT2D eigenvalue weighted by Gasteiger charge is -2.09. The molecule has 1 aromatic carbocycles. The lowest BCUT2D eigenvalue weighted by molar-refractivity contribution is 0.0947. The van der Waals surface area contributed by atoms with Crippen molar-refractivity contribution < 1.29 is 4.79 Å². The summed E-state index contributed by atoms with van der Waals surface area (Å²) in [4.78, 5) is 18.4. The van der Waals surface area contributed by atoms with Crippen LogP contribution in [0.25, 0.3) is 10.9 Å². The Morgan fingerprint density at radius 1 is 1.30 bits per heavy atom. The van der Waals surface area contributed by atoms with E-state index in [0.29, 0.717) is 17.3 Å². The van der Waals surface area contributed by atoms with E-state index in [0.717, 1.165) is 23.9 Å². The summed E-state index contributed by atoms with van der Waals surface area (Å²) in [6.45, 7) is 1.60. The number of pyridine rings is 1. The molecule has 0 saturated heterocycles. The van der Waals surface area contributed by atoms with Gasteiger partial charge in [-0.2, -0.15) is 0 Å². The monoisotopic (exact) mass is 291 g/mol. The second-order valence-corrected chi connectivity index (χ2v) is 5.38. The summed E-state index contributed by atoms with van der Waals surface area (Å²) in [7, 11) is 4.02. The molecule has 0 aliphatic heterocycles. The summed E-state index contributed by atoms with van der Waals surface area (Å²) < 4.78 is 0. The van der Waals surface area contributed by atoms with Crippen LogP contribution >= 0.6 is 11.6 Å². The van der Waals surface area contributed by atoms with E-state index in [1.54, 1.807) is 12.1 Å². The molecule has 1 N–H and O–H groups in total. The summed E-state index contributed by atoms with van der Waals surface area (Å²) in [5.74, 6) is -0.138. The van der Waals surface area contributed by atoms with Gasteiger partial charge in [-0.25, -0.2) is 4.98 Å². The number of carbonyl (C=O) groups excluding carboxylic acids is 1. The van der Waals surface area contributed by atoms with Gasteiger partial charge in [0.2, 0.25) is 0 Å². The molecule has 0 atom stereocenters. The fraction of sp³-hybridized carbons (Fsp3) is 0.333. The number of rotatable bonds is 5. The Hall–Kier alpha value is -1.65. The van der Waals surface area contributed by atoms with Crippen LogP contribution in [0.15, 0.2) is 30.3 Å². The Morgan fingerprint density at radius 2 is 2.10 bits per heavy atom. The van der Waals surface area contributed by atoms with Gasteiger partial charge in [-0.05, 0) is 51.3 Å². The SMILES string of the molecule is CN(C)CCCNC(=O)c1ccc2cc(Cl)ccc2n1. The van der Waals surface area contributed by atoms with Crippen LogP contribution in [-0.2, 0) is 0 Å². The quantitative estimate of drug-likeness (QED) is 0.861. The van der Waals surface area contributed by atoms with Crippen molar-refractivity contribution in [3.63, 3.8) is 0 Å². The van der Waals surface area contributed by atoms with Crippen molar-refractivity contribution in [3.05, 3.63) is 41.0 Å². The molecule has 1 aromatic heterocycles. The summed E-state index contributed by atoms with van der Waals surface area (Å²) in [6.07, 6.45) is 0.919. The lowest BCUT2D eigenvalue weighted by atomic mass is 10.2. The number of aromatic nitrogens is 1. The molecule has 0 radical (unpaired) electrons. The maximum Gasteiger partial charge on any atom is 0.269 e. The zero-order valence-corrected chi connectivity index (χ0v) is 12.4. The molecule has 1 amide bonds.